The number of alkyl halides is 3. The zero-order valence-electron chi connectivity index (χ0n) is 12.5. The lowest BCUT2D eigenvalue weighted by Gasteiger charge is -2.16. The van der Waals surface area contributed by atoms with Gasteiger partial charge in [0.2, 0.25) is 5.91 Å². The first-order chi connectivity index (χ1) is 10.8. The lowest BCUT2D eigenvalue weighted by Crippen LogP contribution is -2.38. The summed E-state index contributed by atoms with van der Waals surface area (Å²) in [6.07, 6.45) is -4.44. The van der Waals surface area contributed by atoms with Gasteiger partial charge in [-0.05, 0) is 17.7 Å². The fourth-order valence-corrected chi connectivity index (χ4v) is 1.86. The number of hydrogen-bond donors (Lipinski definition) is 2. The summed E-state index contributed by atoms with van der Waals surface area (Å²) in [4.78, 5) is 11.9. The molecule has 0 bridgehead atoms. The number of hydrogen-bond acceptors (Lipinski definition) is 3. The summed E-state index contributed by atoms with van der Waals surface area (Å²) >= 11 is 0. The molecule has 1 aromatic rings. The third-order valence-electron chi connectivity index (χ3n) is 3.02. The number of methoxy groups -OCH3 is 1. The lowest BCUT2D eigenvalue weighted by atomic mass is 10.0. The van der Waals surface area contributed by atoms with Crippen LogP contribution in [0, 0.1) is 0 Å². The molecule has 8 heteroatoms. The molecule has 1 rings (SSSR count). The van der Waals surface area contributed by atoms with E-state index in [1.807, 2.05) is 0 Å². The first-order valence-electron chi connectivity index (χ1n) is 6.79. The number of halogens is 4. The van der Waals surface area contributed by atoms with Crippen molar-refractivity contribution in [2.75, 3.05) is 20.2 Å². The van der Waals surface area contributed by atoms with E-state index in [2.05, 4.69) is 5.32 Å². The van der Waals surface area contributed by atoms with E-state index in [4.69, 9.17) is 10.5 Å². The van der Waals surface area contributed by atoms with Crippen molar-refractivity contribution in [3.05, 3.63) is 47.3 Å². The highest BCUT2D eigenvalue weighted by molar-refractivity contribution is 5.81. The van der Waals surface area contributed by atoms with Crippen molar-refractivity contribution < 1.29 is 27.1 Å². The molecule has 4 nitrogen and oxygen atoms in total. The minimum atomic E-state index is -4.46. The highest BCUT2D eigenvalue weighted by atomic mass is 19.4. The van der Waals surface area contributed by atoms with Crippen LogP contribution < -0.4 is 11.1 Å². The second kappa shape index (κ2) is 8.64. The van der Waals surface area contributed by atoms with Gasteiger partial charge in [0, 0.05) is 20.1 Å². The molecular weight excluding hydrogens is 316 g/mol. The van der Waals surface area contributed by atoms with Crippen molar-refractivity contribution >= 4 is 5.91 Å². The van der Waals surface area contributed by atoms with Crippen LogP contribution >= 0.6 is 0 Å². The number of ether oxygens (including phenoxy) is 1. The van der Waals surface area contributed by atoms with E-state index in [1.54, 1.807) is 0 Å². The van der Waals surface area contributed by atoms with E-state index >= 15 is 0 Å². The predicted octanol–water partition coefficient (Wildman–Crippen LogP) is 2.19. The van der Waals surface area contributed by atoms with Gasteiger partial charge in [0.15, 0.2) is 0 Å². The molecule has 0 aliphatic rings. The number of carbonyl (C=O) groups is 1. The van der Waals surface area contributed by atoms with Gasteiger partial charge in [0.25, 0.3) is 0 Å². The molecule has 0 heterocycles. The van der Waals surface area contributed by atoms with Gasteiger partial charge >= 0.3 is 6.18 Å². The Morgan fingerprint density at radius 3 is 2.70 bits per heavy atom. The fraction of sp³-hybridized carbons (Fsp3) is 0.400. The fourth-order valence-electron chi connectivity index (χ4n) is 1.86. The summed E-state index contributed by atoms with van der Waals surface area (Å²) in [7, 11) is 1.25. The Balaban J connectivity index is 2.72. The van der Waals surface area contributed by atoms with Crippen molar-refractivity contribution in [3.8, 4) is 0 Å². The predicted molar refractivity (Wildman–Crippen MR) is 77.2 cm³/mol. The molecule has 1 atom stereocenters. The van der Waals surface area contributed by atoms with Gasteiger partial charge in [-0.1, -0.05) is 18.2 Å². The molecule has 0 radical (unpaired) electrons. The third kappa shape index (κ3) is 6.37. The summed E-state index contributed by atoms with van der Waals surface area (Å²) in [5.74, 6) is -1.22. The van der Waals surface area contributed by atoms with E-state index < -0.39 is 29.6 Å². The number of benzene rings is 1. The Morgan fingerprint density at radius 2 is 2.13 bits per heavy atom. The summed E-state index contributed by atoms with van der Waals surface area (Å²) < 4.78 is 56.1. The van der Waals surface area contributed by atoms with Crippen LogP contribution in [-0.4, -0.2) is 32.2 Å². The van der Waals surface area contributed by atoms with Crippen LogP contribution in [0.4, 0.5) is 17.6 Å². The third-order valence-corrected chi connectivity index (χ3v) is 3.02. The van der Waals surface area contributed by atoms with Crippen LogP contribution in [0.15, 0.2) is 36.2 Å². The van der Waals surface area contributed by atoms with E-state index in [1.165, 1.54) is 19.2 Å². The second-order valence-electron chi connectivity index (χ2n) is 4.73. The van der Waals surface area contributed by atoms with Crippen molar-refractivity contribution in [2.24, 2.45) is 5.73 Å². The average molecular weight is 334 g/mol. The largest absolute Gasteiger partial charge is 0.416 e. The SMILES string of the molecule is CO[C@@H](Cc1cccc(C(F)(F)F)c1)C(=O)NC/C(F)=C/CN. The van der Waals surface area contributed by atoms with Crippen LogP contribution in [-0.2, 0) is 22.1 Å². The molecule has 0 saturated carbocycles. The number of amides is 1. The van der Waals surface area contributed by atoms with E-state index in [0.717, 1.165) is 18.2 Å². The van der Waals surface area contributed by atoms with Crippen molar-refractivity contribution in [2.45, 2.75) is 18.7 Å². The smallest absolute Gasteiger partial charge is 0.371 e. The summed E-state index contributed by atoms with van der Waals surface area (Å²) in [6.45, 7) is -0.349. The molecule has 1 amide bonds. The molecule has 0 spiro atoms. The van der Waals surface area contributed by atoms with E-state index in [0.29, 0.717) is 5.56 Å². The molecule has 0 aromatic heterocycles. The summed E-state index contributed by atoms with van der Waals surface area (Å²) in [6, 6.07) is 4.61. The quantitative estimate of drug-likeness (QED) is 0.752. The van der Waals surface area contributed by atoms with Gasteiger partial charge in [0.05, 0.1) is 12.1 Å². The molecule has 23 heavy (non-hydrogen) atoms. The molecule has 0 fully saturated rings. The monoisotopic (exact) mass is 334 g/mol. The maximum absolute atomic E-state index is 13.1. The Morgan fingerprint density at radius 1 is 1.43 bits per heavy atom. The van der Waals surface area contributed by atoms with Gasteiger partial charge in [0.1, 0.15) is 11.9 Å². The van der Waals surface area contributed by atoms with Gasteiger partial charge in [-0.3, -0.25) is 4.79 Å². The Labute approximate surface area is 131 Å². The second-order valence-corrected chi connectivity index (χ2v) is 4.73. The van der Waals surface area contributed by atoms with Crippen LogP contribution in [0.5, 0.6) is 0 Å². The molecule has 0 saturated heterocycles. The Hall–Kier alpha value is -1.93. The molecule has 0 aliphatic carbocycles. The number of carbonyl (C=O) groups excluding carboxylic acids is 1. The van der Waals surface area contributed by atoms with Crippen LogP contribution in [0.3, 0.4) is 0 Å². The van der Waals surface area contributed by atoms with E-state index in [9.17, 15) is 22.4 Å². The zero-order valence-corrected chi connectivity index (χ0v) is 12.5. The van der Waals surface area contributed by atoms with Crippen molar-refractivity contribution in [1.82, 2.24) is 5.32 Å². The maximum atomic E-state index is 13.1. The first kappa shape index (κ1) is 19.1. The van der Waals surface area contributed by atoms with Crippen molar-refractivity contribution in [1.29, 1.82) is 0 Å². The zero-order chi connectivity index (χ0) is 17.5. The Kier molecular flexibility index (Phi) is 7.18. The average Bonchev–Trinajstić information content (AvgIpc) is 2.50. The van der Waals surface area contributed by atoms with E-state index in [-0.39, 0.29) is 19.5 Å². The topological polar surface area (TPSA) is 64.3 Å². The van der Waals surface area contributed by atoms with Gasteiger partial charge in [-0.15, -0.1) is 0 Å². The standard InChI is InChI=1S/C15H18F4N2O2/c1-23-13(14(22)21-9-12(16)5-6-20)8-10-3-2-4-11(7-10)15(17,18)19/h2-5,7,13H,6,8-9,20H2,1H3,(H,21,22)/b12-5-/t13-/m0/s1. The summed E-state index contributed by atoms with van der Waals surface area (Å²) in [5, 5.41) is 2.30. The molecule has 3 N–H and O–H groups in total. The van der Waals surface area contributed by atoms with Crippen LogP contribution in [0.25, 0.3) is 0 Å². The first-order valence-corrected chi connectivity index (χ1v) is 6.79. The minimum absolute atomic E-state index is 0.000353. The van der Waals surface area contributed by atoms with Gasteiger partial charge in [-0.2, -0.15) is 13.2 Å². The number of rotatable bonds is 7. The number of nitrogens with two attached hydrogens (primary N) is 1. The lowest BCUT2D eigenvalue weighted by molar-refractivity contribution is -0.137. The van der Waals surface area contributed by atoms with Crippen LogP contribution in [0.2, 0.25) is 0 Å². The maximum Gasteiger partial charge on any atom is 0.416 e. The number of nitrogens with one attached hydrogen (secondary N) is 1. The minimum Gasteiger partial charge on any atom is -0.371 e. The normalized spacial score (nSPS) is 13.7. The van der Waals surface area contributed by atoms with Gasteiger partial charge in [-0.25, -0.2) is 4.39 Å². The molecule has 0 aliphatic heterocycles. The molecular formula is C15H18F4N2O2. The summed E-state index contributed by atoms with van der Waals surface area (Å²) in [5.41, 5.74) is 4.62. The van der Waals surface area contributed by atoms with Gasteiger partial charge < -0.3 is 15.8 Å². The molecule has 1 aromatic carbocycles. The molecule has 128 valence electrons. The van der Waals surface area contributed by atoms with Crippen molar-refractivity contribution in [3.63, 3.8) is 0 Å². The Bertz CT molecular complexity index is 559. The highest BCUT2D eigenvalue weighted by Crippen LogP contribution is 2.29. The molecule has 0 unspecified atom stereocenters. The van der Waals surface area contributed by atoms with Crippen LogP contribution in [0.1, 0.15) is 11.1 Å². The highest BCUT2D eigenvalue weighted by Gasteiger charge is 2.30.